The largest absolute Gasteiger partial charge is 0.486 e. The summed E-state index contributed by atoms with van der Waals surface area (Å²) >= 11 is 6.06. The number of halogens is 1. The zero-order valence-electron chi connectivity index (χ0n) is 17.2. The molecule has 0 aliphatic carbocycles. The van der Waals surface area contributed by atoms with E-state index in [-0.39, 0.29) is 5.78 Å². The highest BCUT2D eigenvalue weighted by Gasteiger charge is 2.43. The predicted molar refractivity (Wildman–Crippen MR) is 122 cm³/mol. The molecule has 1 fully saturated rings. The number of anilines is 1. The average Bonchev–Trinajstić information content (AvgIpc) is 3.25. The van der Waals surface area contributed by atoms with Crippen molar-refractivity contribution in [1.82, 2.24) is 19.7 Å². The lowest BCUT2D eigenvalue weighted by Crippen LogP contribution is -2.51. The molecule has 7 nitrogen and oxygen atoms in total. The molecule has 4 aromatic rings. The molecule has 160 valence electrons. The van der Waals surface area contributed by atoms with Crippen LogP contribution in [-0.4, -0.2) is 44.2 Å². The highest BCUT2D eigenvalue weighted by molar-refractivity contribution is 6.31. The van der Waals surface area contributed by atoms with Crippen molar-refractivity contribution in [3.8, 4) is 11.4 Å². The number of hydrogen-bond donors (Lipinski definition) is 0. The molecule has 0 atom stereocenters. The van der Waals surface area contributed by atoms with Crippen molar-refractivity contribution in [2.24, 2.45) is 0 Å². The van der Waals surface area contributed by atoms with Gasteiger partial charge in [-0.05, 0) is 30.3 Å². The van der Waals surface area contributed by atoms with E-state index in [0.29, 0.717) is 22.8 Å². The third-order valence-electron chi connectivity index (χ3n) is 6.37. The van der Waals surface area contributed by atoms with Crippen LogP contribution in [0.15, 0.2) is 61.1 Å². The summed E-state index contributed by atoms with van der Waals surface area (Å²) in [6.07, 6.45) is 5.25. The third kappa shape index (κ3) is 3.12. The first-order chi connectivity index (χ1) is 15.6. The fraction of sp³-hybridized carbons (Fsp3) is 0.250. The molecule has 1 spiro atoms. The van der Waals surface area contributed by atoms with Gasteiger partial charge < -0.3 is 9.64 Å². The molecule has 0 bridgehead atoms. The summed E-state index contributed by atoms with van der Waals surface area (Å²) in [6, 6.07) is 15.2. The second-order valence-corrected chi connectivity index (χ2v) is 8.78. The van der Waals surface area contributed by atoms with Gasteiger partial charge in [0, 0.05) is 31.0 Å². The van der Waals surface area contributed by atoms with E-state index in [1.54, 1.807) is 24.5 Å². The standard InChI is InChI=1S/C24H20ClN5O2/c25-16-6-7-21-18(12-16)20(31)13-24(32-21)8-10-29(11-9-24)22-19-14-28-30(23(19)27-15-26-22)17-4-2-1-3-5-17/h1-7,12,14-15H,8-11,13H2. The number of hydrogen-bond acceptors (Lipinski definition) is 6. The second kappa shape index (κ2) is 7.31. The quantitative estimate of drug-likeness (QED) is 0.453. The van der Waals surface area contributed by atoms with Crippen LogP contribution in [0.3, 0.4) is 0 Å². The Morgan fingerprint density at radius 3 is 2.66 bits per heavy atom. The summed E-state index contributed by atoms with van der Waals surface area (Å²) in [5.41, 5.74) is 1.83. The summed E-state index contributed by atoms with van der Waals surface area (Å²) in [5, 5.41) is 6.02. The highest BCUT2D eigenvalue weighted by Crippen LogP contribution is 2.41. The van der Waals surface area contributed by atoms with E-state index < -0.39 is 5.60 Å². The summed E-state index contributed by atoms with van der Waals surface area (Å²) in [4.78, 5) is 24.1. The van der Waals surface area contributed by atoms with E-state index >= 15 is 0 Å². The van der Waals surface area contributed by atoms with Gasteiger partial charge in [-0.1, -0.05) is 29.8 Å². The Kier molecular flexibility index (Phi) is 4.40. The number of benzene rings is 2. The first-order valence-electron chi connectivity index (χ1n) is 10.6. The van der Waals surface area contributed by atoms with E-state index in [1.165, 1.54) is 0 Å². The first kappa shape index (κ1) is 19.3. The van der Waals surface area contributed by atoms with Crippen LogP contribution in [0.25, 0.3) is 16.7 Å². The zero-order chi connectivity index (χ0) is 21.7. The van der Waals surface area contributed by atoms with Crippen molar-refractivity contribution in [1.29, 1.82) is 0 Å². The Bertz CT molecular complexity index is 1330. The SMILES string of the molecule is O=C1CC2(CCN(c3ncnc4c3cnn4-c3ccccc3)CC2)Oc2ccc(Cl)cc21. The maximum atomic E-state index is 12.8. The number of ketones is 1. The number of fused-ring (bicyclic) bond motifs is 2. The molecule has 0 N–H and O–H groups in total. The minimum absolute atomic E-state index is 0.0933. The van der Waals surface area contributed by atoms with Crippen molar-refractivity contribution in [2.45, 2.75) is 24.9 Å². The fourth-order valence-electron chi connectivity index (χ4n) is 4.71. The fourth-order valence-corrected chi connectivity index (χ4v) is 4.89. The molecule has 2 aromatic heterocycles. The number of nitrogens with zero attached hydrogens (tertiary/aromatic N) is 5. The molecule has 1 saturated heterocycles. The minimum Gasteiger partial charge on any atom is -0.486 e. The van der Waals surface area contributed by atoms with Gasteiger partial charge in [-0.3, -0.25) is 4.79 Å². The summed E-state index contributed by atoms with van der Waals surface area (Å²) in [6.45, 7) is 1.47. The number of rotatable bonds is 2. The lowest BCUT2D eigenvalue weighted by atomic mass is 9.82. The summed E-state index contributed by atoms with van der Waals surface area (Å²) < 4.78 is 8.19. The number of ether oxygens (including phenoxy) is 1. The number of Topliss-reactive ketones (excluding diaryl/α,β-unsaturated/α-hetero) is 1. The van der Waals surface area contributed by atoms with Crippen LogP contribution < -0.4 is 9.64 Å². The number of aromatic nitrogens is 4. The number of carbonyl (C=O) groups excluding carboxylic acids is 1. The number of piperidine rings is 1. The molecule has 2 aromatic carbocycles. The summed E-state index contributed by atoms with van der Waals surface area (Å²) in [7, 11) is 0. The number of carbonyl (C=O) groups is 1. The van der Waals surface area contributed by atoms with Crippen LogP contribution in [0, 0.1) is 0 Å². The molecule has 8 heteroatoms. The number of para-hydroxylation sites is 1. The van der Waals surface area contributed by atoms with Gasteiger partial charge in [0.25, 0.3) is 0 Å². The van der Waals surface area contributed by atoms with Crippen molar-refractivity contribution in [3.05, 3.63) is 71.6 Å². The van der Waals surface area contributed by atoms with Gasteiger partial charge in [-0.15, -0.1) is 0 Å². The van der Waals surface area contributed by atoms with E-state index in [9.17, 15) is 4.79 Å². The Balaban J connectivity index is 1.27. The topological polar surface area (TPSA) is 73.1 Å². The molecule has 2 aliphatic heterocycles. The van der Waals surface area contributed by atoms with Crippen LogP contribution in [-0.2, 0) is 0 Å². The molecule has 0 saturated carbocycles. The van der Waals surface area contributed by atoms with Gasteiger partial charge in [-0.2, -0.15) is 5.10 Å². The molecule has 0 amide bonds. The molecule has 4 heterocycles. The van der Waals surface area contributed by atoms with Crippen molar-refractivity contribution in [3.63, 3.8) is 0 Å². The highest BCUT2D eigenvalue weighted by atomic mass is 35.5. The smallest absolute Gasteiger partial charge is 0.170 e. The first-order valence-corrected chi connectivity index (χ1v) is 11.0. The Hall–Kier alpha value is -3.45. The van der Waals surface area contributed by atoms with Crippen LogP contribution in [0.5, 0.6) is 5.75 Å². The van der Waals surface area contributed by atoms with Crippen LogP contribution in [0.1, 0.15) is 29.6 Å². The molecule has 32 heavy (non-hydrogen) atoms. The monoisotopic (exact) mass is 445 g/mol. The van der Waals surface area contributed by atoms with Gasteiger partial charge >= 0.3 is 0 Å². The minimum atomic E-state index is -0.477. The van der Waals surface area contributed by atoms with Crippen LogP contribution >= 0.6 is 11.6 Å². The van der Waals surface area contributed by atoms with Crippen molar-refractivity contribution < 1.29 is 9.53 Å². The van der Waals surface area contributed by atoms with E-state index in [0.717, 1.165) is 48.5 Å². The zero-order valence-corrected chi connectivity index (χ0v) is 18.0. The van der Waals surface area contributed by atoms with Gasteiger partial charge in [0.2, 0.25) is 0 Å². The van der Waals surface area contributed by atoms with Crippen molar-refractivity contribution in [2.75, 3.05) is 18.0 Å². The van der Waals surface area contributed by atoms with Gasteiger partial charge in [-0.25, -0.2) is 14.6 Å². The molecule has 2 aliphatic rings. The lowest BCUT2D eigenvalue weighted by molar-refractivity contribution is 0.0231. The van der Waals surface area contributed by atoms with Gasteiger partial charge in [0.15, 0.2) is 11.4 Å². The predicted octanol–water partition coefficient (Wildman–Crippen LogP) is 4.47. The maximum Gasteiger partial charge on any atom is 0.170 e. The van der Waals surface area contributed by atoms with E-state index in [1.807, 2.05) is 41.2 Å². The lowest BCUT2D eigenvalue weighted by Gasteiger charge is -2.44. The van der Waals surface area contributed by atoms with Crippen molar-refractivity contribution >= 4 is 34.2 Å². The maximum absolute atomic E-state index is 12.8. The third-order valence-corrected chi connectivity index (χ3v) is 6.61. The van der Waals surface area contributed by atoms with E-state index in [4.69, 9.17) is 16.3 Å². The van der Waals surface area contributed by atoms with Gasteiger partial charge in [0.05, 0.1) is 29.3 Å². The molecule has 6 rings (SSSR count). The molecule has 0 unspecified atom stereocenters. The Morgan fingerprint density at radius 1 is 1.03 bits per heavy atom. The average molecular weight is 446 g/mol. The molecule has 0 radical (unpaired) electrons. The normalized spacial score (nSPS) is 17.4. The van der Waals surface area contributed by atoms with Crippen LogP contribution in [0.2, 0.25) is 5.02 Å². The Labute approximate surface area is 189 Å². The Morgan fingerprint density at radius 2 is 1.84 bits per heavy atom. The molecular weight excluding hydrogens is 426 g/mol. The van der Waals surface area contributed by atoms with Gasteiger partial charge in [0.1, 0.15) is 23.5 Å². The van der Waals surface area contributed by atoms with E-state index in [2.05, 4.69) is 20.0 Å². The van der Waals surface area contributed by atoms with Crippen LogP contribution in [0.4, 0.5) is 5.82 Å². The second-order valence-electron chi connectivity index (χ2n) is 8.34. The summed E-state index contributed by atoms with van der Waals surface area (Å²) in [5.74, 6) is 1.59. The molecular formula is C24H20ClN5O2.